The zero-order valence-electron chi connectivity index (χ0n) is 15.2. The quantitative estimate of drug-likeness (QED) is 0.706. The van der Waals surface area contributed by atoms with Crippen molar-refractivity contribution in [3.63, 3.8) is 0 Å². The summed E-state index contributed by atoms with van der Waals surface area (Å²) in [6, 6.07) is 10.4. The fraction of sp³-hybridized carbons (Fsp3) is 0.429. The Bertz CT molecular complexity index is 972. The minimum atomic E-state index is 0.00639. The summed E-state index contributed by atoms with van der Waals surface area (Å²) in [5, 5.41) is 6.26. The molecule has 1 aliphatic heterocycles. The van der Waals surface area contributed by atoms with Gasteiger partial charge in [-0.3, -0.25) is 9.78 Å². The van der Waals surface area contributed by atoms with Gasteiger partial charge in [-0.05, 0) is 24.3 Å². The summed E-state index contributed by atoms with van der Waals surface area (Å²) in [6.45, 7) is 0.700. The van der Waals surface area contributed by atoms with Crippen molar-refractivity contribution in [2.24, 2.45) is 0 Å². The first-order valence-corrected chi connectivity index (χ1v) is 9.77. The van der Waals surface area contributed by atoms with E-state index in [-0.39, 0.29) is 11.8 Å². The lowest BCUT2D eigenvalue weighted by molar-refractivity contribution is -0.130. The van der Waals surface area contributed by atoms with Gasteiger partial charge in [0.2, 0.25) is 5.91 Å². The van der Waals surface area contributed by atoms with Crippen LogP contribution in [-0.2, 0) is 4.79 Å². The number of hydrogen-bond acceptors (Lipinski definition) is 5. The lowest BCUT2D eigenvalue weighted by atomic mass is 9.94. The number of benzene rings is 1. The van der Waals surface area contributed by atoms with Crippen molar-refractivity contribution in [1.82, 2.24) is 20.0 Å². The van der Waals surface area contributed by atoms with Crippen LogP contribution in [0.15, 0.2) is 41.1 Å². The molecule has 2 aromatic heterocycles. The highest BCUT2D eigenvalue weighted by Crippen LogP contribution is 2.33. The Hall–Kier alpha value is -2.76. The van der Waals surface area contributed by atoms with E-state index in [0.29, 0.717) is 36.4 Å². The van der Waals surface area contributed by atoms with E-state index in [1.54, 1.807) is 6.20 Å². The molecule has 0 spiro atoms. The summed E-state index contributed by atoms with van der Waals surface area (Å²) in [5.41, 5.74) is 0.695. The average molecular weight is 362 g/mol. The zero-order chi connectivity index (χ0) is 18.2. The first-order chi connectivity index (χ1) is 13.3. The highest BCUT2D eigenvalue weighted by molar-refractivity contribution is 5.92. The molecule has 1 amide bonds. The van der Waals surface area contributed by atoms with E-state index >= 15 is 0 Å². The monoisotopic (exact) mass is 362 g/mol. The highest BCUT2D eigenvalue weighted by atomic mass is 16.5. The SMILES string of the molecule is O=C1C[C@H](c2noc(-c3nccc4ccccc34)n2)CN1C1CCCCC1. The standard InChI is InChI=1S/C21H22N4O2/c26-18-12-15(13-25(18)16-7-2-1-3-8-16)20-23-21(27-24-20)19-17-9-5-4-6-14(17)10-11-22-19/h4-6,9-11,15-16H,1-3,7-8,12-13H2/t15-/m0/s1. The van der Waals surface area contributed by atoms with Gasteiger partial charge < -0.3 is 9.42 Å². The van der Waals surface area contributed by atoms with Crippen LogP contribution in [0.4, 0.5) is 0 Å². The fourth-order valence-electron chi connectivity index (χ4n) is 4.44. The summed E-state index contributed by atoms with van der Waals surface area (Å²) >= 11 is 0. The van der Waals surface area contributed by atoms with Crippen molar-refractivity contribution in [2.75, 3.05) is 6.54 Å². The molecule has 0 unspecified atom stereocenters. The molecular formula is C21H22N4O2. The Morgan fingerprint density at radius 2 is 1.93 bits per heavy atom. The van der Waals surface area contributed by atoms with Crippen LogP contribution in [0.3, 0.4) is 0 Å². The molecule has 138 valence electrons. The number of pyridine rings is 1. The molecule has 3 aromatic rings. The van der Waals surface area contributed by atoms with Crippen LogP contribution in [0.1, 0.15) is 50.3 Å². The van der Waals surface area contributed by atoms with Gasteiger partial charge in [-0.25, -0.2) is 0 Å². The largest absolute Gasteiger partial charge is 0.339 e. The van der Waals surface area contributed by atoms with Crippen molar-refractivity contribution in [3.8, 4) is 11.6 Å². The summed E-state index contributed by atoms with van der Waals surface area (Å²) < 4.78 is 5.53. The molecule has 1 atom stereocenters. The molecule has 0 bridgehead atoms. The van der Waals surface area contributed by atoms with Crippen molar-refractivity contribution < 1.29 is 9.32 Å². The second-order valence-electron chi connectivity index (χ2n) is 7.58. The number of fused-ring (bicyclic) bond motifs is 1. The van der Waals surface area contributed by atoms with Crippen LogP contribution in [0.5, 0.6) is 0 Å². The van der Waals surface area contributed by atoms with Crippen LogP contribution in [0.25, 0.3) is 22.4 Å². The third-order valence-corrected chi connectivity index (χ3v) is 5.86. The molecule has 27 heavy (non-hydrogen) atoms. The third kappa shape index (κ3) is 2.99. The van der Waals surface area contributed by atoms with E-state index in [2.05, 4.69) is 20.0 Å². The minimum absolute atomic E-state index is 0.00639. The number of carbonyl (C=O) groups is 1. The van der Waals surface area contributed by atoms with Crippen molar-refractivity contribution in [1.29, 1.82) is 0 Å². The van der Waals surface area contributed by atoms with Crippen LogP contribution < -0.4 is 0 Å². The molecule has 1 saturated heterocycles. The first-order valence-electron chi connectivity index (χ1n) is 9.77. The molecule has 1 saturated carbocycles. The Labute approximate surface area is 157 Å². The van der Waals surface area contributed by atoms with Gasteiger partial charge >= 0.3 is 0 Å². The van der Waals surface area contributed by atoms with Gasteiger partial charge in [0.1, 0.15) is 5.69 Å². The number of aromatic nitrogens is 3. The second-order valence-corrected chi connectivity index (χ2v) is 7.58. The normalized spacial score (nSPS) is 21.3. The highest BCUT2D eigenvalue weighted by Gasteiger charge is 2.37. The third-order valence-electron chi connectivity index (χ3n) is 5.86. The van der Waals surface area contributed by atoms with Gasteiger partial charge in [0.25, 0.3) is 5.89 Å². The molecule has 0 radical (unpaired) electrons. The van der Waals surface area contributed by atoms with Crippen LogP contribution in [-0.4, -0.2) is 38.5 Å². The molecule has 0 N–H and O–H groups in total. The predicted octanol–water partition coefficient (Wildman–Crippen LogP) is 3.93. The number of nitrogens with zero attached hydrogens (tertiary/aromatic N) is 4. The molecule has 3 heterocycles. The van der Waals surface area contributed by atoms with Crippen molar-refractivity contribution in [3.05, 3.63) is 42.4 Å². The van der Waals surface area contributed by atoms with Crippen molar-refractivity contribution in [2.45, 2.75) is 50.5 Å². The molecule has 2 aliphatic rings. The molecular weight excluding hydrogens is 340 g/mol. The Balaban J connectivity index is 1.40. The van der Waals surface area contributed by atoms with E-state index in [0.717, 1.165) is 23.6 Å². The van der Waals surface area contributed by atoms with E-state index < -0.39 is 0 Å². The summed E-state index contributed by atoms with van der Waals surface area (Å²) in [5.74, 6) is 1.27. The summed E-state index contributed by atoms with van der Waals surface area (Å²) in [4.78, 5) is 23.6. The van der Waals surface area contributed by atoms with E-state index in [1.807, 2.05) is 30.3 Å². The number of carbonyl (C=O) groups excluding carboxylic acids is 1. The molecule has 1 aliphatic carbocycles. The van der Waals surface area contributed by atoms with Gasteiger partial charge in [0.15, 0.2) is 5.82 Å². The fourth-order valence-corrected chi connectivity index (χ4v) is 4.44. The van der Waals surface area contributed by atoms with Gasteiger partial charge in [-0.1, -0.05) is 48.7 Å². The molecule has 6 heteroatoms. The molecule has 1 aromatic carbocycles. The van der Waals surface area contributed by atoms with Crippen LogP contribution >= 0.6 is 0 Å². The molecule has 5 rings (SSSR count). The van der Waals surface area contributed by atoms with E-state index in [4.69, 9.17) is 4.52 Å². The number of likely N-dealkylation sites (tertiary alicyclic amines) is 1. The lowest BCUT2D eigenvalue weighted by Gasteiger charge is -2.31. The lowest BCUT2D eigenvalue weighted by Crippen LogP contribution is -2.37. The maximum absolute atomic E-state index is 12.5. The smallest absolute Gasteiger partial charge is 0.277 e. The maximum atomic E-state index is 12.5. The second kappa shape index (κ2) is 6.76. The van der Waals surface area contributed by atoms with Gasteiger partial charge in [-0.15, -0.1) is 0 Å². The van der Waals surface area contributed by atoms with Gasteiger partial charge in [0, 0.05) is 36.5 Å². The topological polar surface area (TPSA) is 72.1 Å². The Morgan fingerprint density at radius 3 is 2.81 bits per heavy atom. The van der Waals surface area contributed by atoms with Gasteiger partial charge in [0.05, 0.1) is 0 Å². The zero-order valence-corrected chi connectivity index (χ0v) is 15.2. The summed E-state index contributed by atoms with van der Waals surface area (Å²) in [6.07, 6.45) is 8.19. The molecule has 6 nitrogen and oxygen atoms in total. The predicted molar refractivity (Wildman–Crippen MR) is 101 cm³/mol. The Morgan fingerprint density at radius 1 is 1.07 bits per heavy atom. The summed E-state index contributed by atoms with van der Waals surface area (Å²) in [7, 11) is 0. The van der Waals surface area contributed by atoms with E-state index in [1.165, 1.54) is 19.3 Å². The van der Waals surface area contributed by atoms with Crippen LogP contribution in [0, 0.1) is 0 Å². The van der Waals surface area contributed by atoms with Crippen LogP contribution in [0.2, 0.25) is 0 Å². The average Bonchev–Trinajstić information content (AvgIpc) is 3.35. The number of amides is 1. The van der Waals surface area contributed by atoms with Crippen molar-refractivity contribution >= 4 is 16.7 Å². The maximum Gasteiger partial charge on any atom is 0.277 e. The van der Waals surface area contributed by atoms with E-state index in [9.17, 15) is 4.79 Å². The Kier molecular flexibility index (Phi) is 4.11. The molecule has 2 fully saturated rings. The number of hydrogen-bond donors (Lipinski definition) is 0. The van der Waals surface area contributed by atoms with Gasteiger partial charge in [-0.2, -0.15) is 4.98 Å². The first kappa shape index (κ1) is 16.4. The minimum Gasteiger partial charge on any atom is -0.339 e. The number of rotatable bonds is 3.